The van der Waals surface area contributed by atoms with Gasteiger partial charge in [-0.15, -0.1) is 0 Å². The van der Waals surface area contributed by atoms with E-state index in [1.807, 2.05) is 25.2 Å². The summed E-state index contributed by atoms with van der Waals surface area (Å²) in [6.07, 6.45) is 0.500. The molecule has 1 aromatic carbocycles. The van der Waals surface area contributed by atoms with Gasteiger partial charge in [0.05, 0.1) is 18.7 Å². The van der Waals surface area contributed by atoms with Gasteiger partial charge in [0.25, 0.3) is 0 Å². The Morgan fingerprint density at radius 3 is 2.90 bits per heavy atom. The van der Waals surface area contributed by atoms with Crippen LogP contribution in [0.15, 0.2) is 24.3 Å². The van der Waals surface area contributed by atoms with Crippen molar-refractivity contribution < 1.29 is 4.74 Å². The van der Waals surface area contributed by atoms with Gasteiger partial charge in [0.2, 0.25) is 0 Å². The van der Waals surface area contributed by atoms with Gasteiger partial charge in [-0.05, 0) is 25.2 Å². The second-order valence-corrected chi connectivity index (χ2v) is 4.84. The molecular weight excluding hydrogens is 266 g/mol. The SMILES string of the molecule is COc1ccc2cc(CN(C)CCC#N)c(NN)nc2c1. The fourth-order valence-corrected chi connectivity index (χ4v) is 2.17. The summed E-state index contributed by atoms with van der Waals surface area (Å²) < 4.78 is 5.20. The largest absolute Gasteiger partial charge is 0.497 e. The van der Waals surface area contributed by atoms with Gasteiger partial charge in [0, 0.05) is 36.5 Å². The Bertz CT molecular complexity index is 665. The van der Waals surface area contributed by atoms with E-state index in [1.54, 1.807) is 7.11 Å². The third kappa shape index (κ3) is 3.60. The number of ether oxygens (including phenoxy) is 1. The fourth-order valence-electron chi connectivity index (χ4n) is 2.17. The first-order chi connectivity index (χ1) is 10.2. The molecule has 0 aliphatic heterocycles. The highest BCUT2D eigenvalue weighted by Crippen LogP contribution is 2.24. The lowest BCUT2D eigenvalue weighted by molar-refractivity contribution is 0.335. The van der Waals surface area contributed by atoms with Crippen molar-refractivity contribution in [1.29, 1.82) is 5.26 Å². The smallest absolute Gasteiger partial charge is 0.145 e. The number of nitriles is 1. The van der Waals surface area contributed by atoms with Gasteiger partial charge in [-0.1, -0.05) is 0 Å². The second kappa shape index (κ2) is 6.88. The van der Waals surface area contributed by atoms with E-state index < -0.39 is 0 Å². The number of aromatic nitrogens is 1. The number of nitrogens with zero attached hydrogens (tertiary/aromatic N) is 3. The molecule has 1 aromatic heterocycles. The van der Waals surface area contributed by atoms with E-state index in [0.29, 0.717) is 25.3 Å². The van der Waals surface area contributed by atoms with Crippen molar-refractivity contribution in [3.8, 4) is 11.8 Å². The monoisotopic (exact) mass is 285 g/mol. The molecule has 0 bridgehead atoms. The molecule has 21 heavy (non-hydrogen) atoms. The van der Waals surface area contributed by atoms with Crippen LogP contribution in [0.1, 0.15) is 12.0 Å². The third-order valence-electron chi connectivity index (χ3n) is 3.29. The van der Waals surface area contributed by atoms with E-state index in [2.05, 4.69) is 27.4 Å². The molecule has 2 aromatic rings. The maximum Gasteiger partial charge on any atom is 0.145 e. The summed E-state index contributed by atoms with van der Waals surface area (Å²) in [7, 11) is 3.59. The summed E-state index contributed by atoms with van der Waals surface area (Å²) in [6.45, 7) is 1.39. The minimum Gasteiger partial charge on any atom is -0.497 e. The number of nitrogens with one attached hydrogen (secondary N) is 1. The second-order valence-electron chi connectivity index (χ2n) is 4.84. The lowest BCUT2D eigenvalue weighted by atomic mass is 10.1. The van der Waals surface area contributed by atoms with Gasteiger partial charge in [0.1, 0.15) is 11.6 Å². The van der Waals surface area contributed by atoms with Gasteiger partial charge < -0.3 is 15.1 Å². The molecule has 1 heterocycles. The number of rotatable bonds is 6. The maximum atomic E-state index is 8.64. The van der Waals surface area contributed by atoms with Crippen LogP contribution >= 0.6 is 0 Å². The summed E-state index contributed by atoms with van der Waals surface area (Å²) in [5.74, 6) is 6.97. The minimum atomic E-state index is 0.500. The zero-order valence-electron chi connectivity index (χ0n) is 12.3. The van der Waals surface area contributed by atoms with Crippen molar-refractivity contribution >= 4 is 16.7 Å². The molecule has 2 rings (SSSR count). The molecule has 0 saturated heterocycles. The van der Waals surface area contributed by atoms with Crippen molar-refractivity contribution in [3.63, 3.8) is 0 Å². The number of benzene rings is 1. The van der Waals surface area contributed by atoms with Gasteiger partial charge >= 0.3 is 0 Å². The molecule has 0 fully saturated rings. The molecule has 0 saturated carbocycles. The summed E-state index contributed by atoms with van der Waals surface area (Å²) in [6, 6.07) is 9.95. The number of nitrogen functional groups attached to an aromatic ring is 1. The first kappa shape index (κ1) is 15.0. The van der Waals surface area contributed by atoms with Crippen LogP contribution in [-0.2, 0) is 6.54 Å². The number of hydrogen-bond donors (Lipinski definition) is 2. The minimum absolute atomic E-state index is 0.500. The highest BCUT2D eigenvalue weighted by molar-refractivity contribution is 5.83. The molecule has 110 valence electrons. The topological polar surface area (TPSA) is 87.2 Å². The Morgan fingerprint density at radius 2 is 2.24 bits per heavy atom. The first-order valence-electron chi connectivity index (χ1n) is 6.67. The number of methoxy groups -OCH3 is 1. The highest BCUT2D eigenvalue weighted by atomic mass is 16.5. The van der Waals surface area contributed by atoms with E-state index >= 15 is 0 Å². The zero-order valence-corrected chi connectivity index (χ0v) is 12.3. The highest BCUT2D eigenvalue weighted by Gasteiger charge is 2.09. The Balaban J connectivity index is 2.32. The average Bonchev–Trinajstić information content (AvgIpc) is 2.51. The molecule has 0 radical (unpaired) electrons. The van der Waals surface area contributed by atoms with Crippen molar-refractivity contribution in [1.82, 2.24) is 9.88 Å². The lowest BCUT2D eigenvalue weighted by Gasteiger charge is -2.17. The molecule has 3 N–H and O–H groups in total. The van der Waals surface area contributed by atoms with Gasteiger partial charge in [-0.25, -0.2) is 10.8 Å². The van der Waals surface area contributed by atoms with Crippen molar-refractivity contribution in [3.05, 3.63) is 29.8 Å². The molecular formula is C15H19N5O. The number of nitrogens with two attached hydrogens (primary N) is 1. The number of fused-ring (bicyclic) bond motifs is 1. The lowest BCUT2D eigenvalue weighted by Crippen LogP contribution is -2.21. The maximum absolute atomic E-state index is 8.64. The molecule has 6 nitrogen and oxygen atoms in total. The molecule has 0 aliphatic carbocycles. The van der Waals surface area contributed by atoms with Crippen LogP contribution in [0.25, 0.3) is 10.9 Å². The van der Waals surface area contributed by atoms with Crippen LogP contribution in [0.5, 0.6) is 5.75 Å². The van der Waals surface area contributed by atoms with Gasteiger partial charge in [-0.2, -0.15) is 5.26 Å². The summed E-state index contributed by atoms with van der Waals surface area (Å²) in [4.78, 5) is 6.59. The van der Waals surface area contributed by atoms with Gasteiger partial charge in [0.15, 0.2) is 0 Å². The van der Waals surface area contributed by atoms with Gasteiger partial charge in [-0.3, -0.25) is 0 Å². The normalized spacial score (nSPS) is 10.6. The molecule has 0 amide bonds. The van der Waals surface area contributed by atoms with E-state index in [-0.39, 0.29) is 0 Å². The predicted molar refractivity (Wildman–Crippen MR) is 82.7 cm³/mol. The number of hydrogen-bond acceptors (Lipinski definition) is 6. The van der Waals surface area contributed by atoms with E-state index in [0.717, 1.165) is 22.2 Å². The number of anilines is 1. The van der Waals surface area contributed by atoms with Crippen LogP contribution in [0.3, 0.4) is 0 Å². The van der Waals surface area contributed by atoms with Crippen LogP contribution < -0.4 is 16.0 Å². The van der Waals surface area contributed by atoms with Crippen molar-refractivity contribution in [2.75, 3.05) is 26.1 Å². The summed E-state index contributed by atoms with van der Waals surface area (Å²) in [5.41, 5.74) is 4.46. The first-order valence-corrected chi connectivity index (χ1v) is 6.67. The Labute approximate surface area is 124 Å². The molecule has 0 unspecified atom stereocenters. The standard InChI is InChI=1S/C15H19N5O/c1-20(7-3-6-16)10-12-8-11-4-5-13(21-2)9-14(11)18-15(12)19-17/h4-5,8-9H,3,7,10,17H2,1-2H3,(H,18,19). The van der Waals surface area contributed by atoms with Crippen molar-refractivity contribution in [2.45, 2.75) is 13.0 Å². The zero-order chi connectivity index (χ0) is 15.2. The Morgan fingerprint density at radius 1 is 1.43 bits per heavy atom. The molecule has 0 aliphatic rings. The number of hydrazine groups is 1. The van der Waals surface area contributed by atoms with E-state index in [1.165, 1.54) is 0 Å². The number of pyridine rings is 1. The molecule has 6 heteroatoms. The van der Waals surface area contributed by atoms with Crippen molar-refractivity contribution in [2.24, 2.45) is 5.84 Å². The van der Waals surface area contributed by atoms with Crippen LogP contribution in [0, 0.1) is 11.3 Å². The third-order valence-corrected chi connectivity index (χ3v) is 3.29. The molecule has 0 spiro atoms. The van der Waals surface area contributed by atoms with Crippen LogP contribution in [0.4, 0.5) is 5.82 Å². The predicted octanol–water partition coefficient (Wildman–Crippen LogP) is 1.87. The van der Waals surface area contributed by atoms with Crippen LogP contribution in [0.2, 0.25) is 0 Å². The summed E-state index contributed by atoms with van der Waals surface area (Å²) >= 11 is 0. The van der Waals surface area contributed by atoms with Crippen LogP contribution in [-0.4, -0.2) is 30.6 Å². The van der Waals surface area contributed by atoms with E-state index in [4.69, 9.17) is 15.8 Å². The summed E-state index contributed by atoms with van der Waals surface area (Å²) in [5, 5.41) is 9.67. The fraction of sp³-hybridized carbons (Fsp3) is 0.333. The quantitative estimate of drug-likeness (QED) is 0.622. The average molecular weight is 285 g/mol. The molecule has 0 atom stereocenters. The van der Waals surface area contributed by atoms with E-state index in [9.17, 15) is 0 Å². The Kier molecular flexibility index (Phi) is 4.93. The Hall–Kier alpha value is -2.36.